The van der Waals surface area contributed by atoms with Crippen LogP contribution in [0.4, 0.5) is 11.4 Å². The molecule has 1 atom stereocenters. The molecule has 3 aromatic heterocycles. The predicted molar refractivity (Wildman–Crippen MR) is 176 cm³/mol. The van der Waals surface area contributed by atoms with Gasteiger partial charge in [0, 0.05) is 49.9 Å². The Bertz CT molecular complexity index is 2610. The summed E-state index contributed by atoms with van der Waals surface area (Å²) in [5, 5.41) is 10.0. The van der Waals surface area contributed by atoms with Gasteiger partial charge in [-0.05, 0) is 66.9 Å². The van der Waals surface area contributed by atoms with Crippen LogP contribution in [0.5, 0.6) is 0 Å². The van der Waals surface area contributed by atoms with Gasteiger partial charge in [-0.2, -0.15) is 0 Å². The number of hydrogen-bond donors (Lipinski definition) is 1. The quantitative estimate of drug-likeness (QED) is 0.220. The van der Waals surface area contributed by atoms with E-state index in [9.17, 15) is 0 Å². The monoisotopic (exact) mass is 552 g/mol. The second-order valence-corrected chi connectivity index (χ2v) is 11.9. The topological polar surface area (TPSA) is 47.4 Å². The zero-order valence-corrected chi connectivity index (χ0v) is 23.1. The molecule has 5 heterocycles. The fourth-order valence-corrected chi connectivity index (χ4v) is 7.92. The first-order chi connectivity index (χ1) is 21.3. The molecule has 1 unspecified atom stereocenters. The SMILES string of the molecule is C1=Cc2c(c3cc4c5cccc6c5n(c4cc3n2-c2ccc3c(c2)oc2ccccc23)C2Nc3ccccc3N=C62)CC1. The van der Waals surface area contributed by atoms with Gasteiger partial charge in [0.2, 0.25) is 0 Å². The third-order valence-electron chi connectivity index (χ3n) is 9.74. The third-order valence-corrected chi connectivity index (χ3v) is 9.74. The Morgan fingerprint density at radius 1 is 0.744 bits per heavy atom. The number of furan rings is 1. The van der Waals surface area contributed by atoms with Gasteiger partial charge in [0.05, 0.1) is 33.6 Å². The Balaban J connectivity index is 1.22. The van der Waals surface area contributed by atoms with E-state index in [1.807, 2.05) is 12.1 Å². The van der Waals surface area contributed by atoms with Crippen LogP contribution in [0.1, 0.15) is 29.4 Å². The maximum Gasteiger partial charge on any atom is 0.148 e. The smallest absolute Gasteiger partial charge is 0.148 e. The molecular formula is C38H24N4O. The highest BCUT2D eigenvalue weighted by Crippen LogP contribution is 2.47. The van der Waals surface area contributed by atoms with Crippen LogP contribution in [0.15, 0.2) is 113 Å². The lowest BCUT2D eigenvalue weighted by Gasteiger charge is -2.25. The molecule has 0 amide bonds. The summed E-state index contributed by atoms with van der Waals surface area (Å²) in [6, 6.07) is 34.8. The minimum atomic E-state index is -0.0467. The molecule has 0 saturated carbocycles. The number of nitrogens with one attached hydrogen (secondary N) is 1. The number of para-hydroxylation sites is 4. The second-order valence-electron chi connectivity index (χ2n) is 11.9. The van der Waals surface area contributed by atoms with Crippen LogP contribution in [0.2, 0.25) is 0 Å². The molecule has 0 spiro atoms. The van der Waals surface area contributed by atoms with E-state index in [1.165, 1.54) is 49.5 Å². The lowest BCUT2D eigenvalue weighted by atomic mass is 9.99. The first-order valence-corrected chi connectivity index (χ1v) is 15.0. The van der Waals surface area contributed by atoms with Crippen molar-refractivity contribution in [3.05, 3.63) is 120 Å². The summed E-state index contributed by atoms with van der Waals surface area (Å²) in [6.07, 6.45) is 6.66. The van der Waals surface area contributed by atoms with E-state index >= 15 is 0 Å². The van der Waals surface area contributed by atoms with Crippen LogP contribution in [0.25, 0.3) is 66.4 Å². The zero-order chi connectivity index (χ0) is 27.8. The van der Waals surface area contributed by atoms with Gasteiger partial charge in [0.15, 0.2) is 0 Å². The van der Waals surface area contributed by atoms with Crippen molar-refractivity contribution in [1.82, 2.24) is 9.13 Å². The highest BCUT2D eigenvalue weighted by atomic mass is 16.3. The van der Waals surface area contributed by atoms with Crippen LogP contribution >= 0.6 is 0 Å². The van der Waals surface area contributed by atoms with Gasteiger partial charge in [0.25, 0.3) is 0 Å². The van der Waals surface area contributed by atoms with Crippen LogP contribution in [0.3, 0.4) is 0 Å². The van der Waals surface area contributed by atoms with Crippen LogP contribution in [-0.2, 0) is 6.42 Å². The van der Waals surface area contributed by atoms with Crippen molar-refractivity contribution in [3.8, 4) is 5.69 Å². The van der Waals surface area contributed by atoms with Crippen molar-refractivity contribution in [3.63, 3.8) is 0 Å². The number of anilines is 1. The van der Waals surface area contributed by atoms with Crippen LogP contribution in [0, 0.1) is 0 Å². The highest BCUT2D eigenvalue weighted by Gasteiger charge is 2.36. The fraction of sp³-hybridized carbons (Fsp3) is 0.0789. The molecule has 11 rings (SSSR count). The number of hydrogen-bond acceptors (Lipinski definition) is 3. The molecule has 8 aromatic rings. The van der Waals surface area contributed by atoms with Crippen molar-refractivity contribution in [2.24, 2.45) is 4.99 Å². The standard InChI is InChI=1S/C38H24N4O/c1-5-14-31-22(8-1)27-19-28-25-10-7-11-26-36-38(40-30-13-4-3-12-29(30)39-36)42(37(25)26)33(28)20-32(27)41(31)21-16-17-24-23-9-2-6-15-34(23)43-35(24)18-21/h2-7,9-20,38,40H,1,8H2. The first kappa shape index (κ1) is 22.1. The fourth-order valence-electron chi connectivity index (χ4n) is 7.92. The Morgan fingerprint density at radius 2 is 1.63 bits per heavy atom. The van der Waals surface area contributed by atoms with Gasteiger partial charge >= 0.3 is 0 Å². The highest BCUT2D eigenvalue weighted by molar-refractivity contribution is 6.25. The molecular weight excluding hydrogens is 528 g/mol. The van der Waals surface area contributed by atoms with E-state index in [0.717, 1.165) is 57.6 Å². The molecule has 5 heteroatoms. The molecule has 1 N–H and O–H groups in total. The average molecular weight is 553 g/mol. The number of aromatic nitrogens is 2. The number of aliphatic imine (C=N–C) groups is 1. The van der Waals surface area contributed by atoms with Crippen molar-refractivity contribution in [1.29, 1.82) is 0 Å². The first-order valence-electron chi connectivity index (χ1n) is 15.0. The van der Waals surface area contributed by atoms with Gasteiger partial charge in [0.1, 0.15) is 17.3 Å². The third kappa shape index (κ3) is 2.71. The molecule has 0 bridgehead atoms. The lowest BCUT2D eigenvalue weighted by molar-refractivity contribution is 0.668. The van der Waals surface area contributed by atoms with Crippen LogP contribution < -0.4 is 5.32 Å². The molecule has 43 heavy (non-hydrogen) atoms. The number of rotatable bonds is 1. The summed E-state index contributed by atoms with van der Waals surface area (Å²) in [6.45, 7) is 0. The molecule has 202 valence electrons. The second kappa shape index (κ2) is 7.64. The molecule has 2 aliphatic heterocycles. The summed E-state index contributed by atoms with van der Waals surface area (Å²) in [5.41, 5.74) is 13.7. The molecule has 0 fully saturated rings. The van der Waals surface area contributed by atoms with Gasteiger partial charge in [-0.15, -0.1) is 0 Å². The Morgan fingerprint density at radius 3 is 2.63 bits per heavy atom. The van der Waals surface area contributed by atoms with E-state index in [-0.39, 0.29) is 6.17 Å². The maximum atomic E-state index is 6.33. The van der Waals surface area contributed by atoms with E-state index < -0.39 is 0 Å². The summed E-state index contributed by atoms with van der Waals surface area (Å²) >= 11 is 0. The number of allylic oxidation sites excluding steroid dienone is 1. The van der Waals surface area contributed by atoms with Crippen molar-refractivity contribution < 1.29 is 4.42 Å². The number of nitrogens with zero attached hydrogens (tertiary/aromatic N) is 3. The normalized spacial score (nSPS) is 16.7. The molecule has 5 nitrogen and oxygen atoms in total. The summed E-state index contributed by atoms with van der Waals surface area (Å²) < 4.78 is 11.2. The van der Waals surface area contributed by atoms with E-state index in [2.05, 4.69) is 112 Å². The summed E-state index contributed by atoms with van der Waals surface area (Å²) in [7, 11) is 0. The molecule has 0 radical (unpaired) electrons. The molecule has 3 aliphatic rings. The van der Waals surface area contributed by atoms with Crippen molar-refractivity contribution in [2.75, 3.05) is 5.32 Å². The summed E-state index contributed by atoms with van der Waals surface area (Å²) in [5.74, 6) is 0. The molecule has 5 aromatic carbocycles. The van der Waals surface area contributed by atoms with Crippen molar-refractivity contribution in [2.45, 2.75) is 19.0 Å². The predicted octanol–water partition coefficient (Wildman–Crippen LogP) is 9.66. The summed E-state index contributed by atoms with van der Waals surface area (Å²) in [4.78, 5) is 5.16. The minimum Gasteiger partial charge on any atom is -0.456 e. The largest absolute Gasteiger partial charge is 0.456 e. The Kier molecular flexibility index (Phi) is 3.92. The van der Waals surface area contributed by atoms with Gasteiger partial charge in [-0.3, -0.25) is 0 Å². The number of aryl methyl sites for hydroxylation is 1. The van der Waals surface area contributed by atoms with E-state index in [4.69, 9.17) is 9.41 Å². The minimum absolute atomic E-state index is 0.0467. The zero-order valence-electron chi connectivity index (χ0n) is 23.1. The maximum absolute atomic E-state index is 6.33. The van der Waals surface area contributed by atoms with E-state index in [1.54, 1.807) is 0 Å². The number of fused-ring (bicyclic) bond motifs is 13. The number of benzene rings is 5. The van der Waals surface area contributed by atoms with Crippen molar-refractivity contribution >= 4 is 77.8 Å². The van der Waals surface area contributed by atoms with Gasteiger partial charge in [-0.1, -0.05) is 54.6 Å². The van der Waals surface area contributed by atoms with Gasteiger partial charge < -0.3 is 18.9 Å². The van der Waals surface area contributed by atoms with Gasteiger partial charge in [-0.25, -0.2) is 4.99 Å². The molecule has 1 aliphatic carbocycles. The van der Waals surface area contributed by atoms with Crippen LogP contribution in [-0.4, -0.2) is 14.8 Å². The Hall–Kier alpha value is -5.55. The molecule has 0 saturated heterocycles. The van der Waals surface area contributed by atoms with E-state index in [0.29, 0.717) is 0 Å². The lowest BCUT2D eigenvalue weighted by Crippen LogP contribution is -2.24. The average Bonchev–Trinajstić information content (AvgIpc) is 3.77. The Labute approximate surface area is 246 Å².